The number of phenolic OH excluding ortho intramolecular Hbond substituents is 1. The molecule has 3 aliphatic heterocycles. The van der Waals surface area contributed by atoms with Gasteiger partial charge in [0.25, 0.3) is 0 Å². The van der Waals surface area contributed by atoms with Gasteiger partial charge in [-0.1, -0.05) is 60.5 Å². The van der Waals surface area contributed by atoms with Crippen molar-refractivity contribution in [2.24, 2.45) is 17.8 Å². The standard InChI is InChI=1S/C36H43ClN2O5/c1-3-23(17-25-10-11-28(40)19-31(25)37)9-12-32-33-26(21-43-2)18-29-34(30(33)22-44-32)36(42)39(35(29)41)27-13-15-38(16-14-27)20-24-7-5-4-6-8-24/h4-8,10-11,17,19,27,29-30,32,34,40H,3,9,12-16,18,20-22H2,1-2H3/b23-17+/t29-,30+,32-,34-/m1/s1. The number of benzene rings is 2. The minimum Gasteiger partial charge on any atom is -0.508 e. The summed E-state index contributed by atoms with van der Waals surface area (Å²) in [5, 5.41) is 10.2. The predicted octanol–water partition coefficient (Wildman–Crippen LogP) is 6.25. The number of amides is 2. The van der Waals surface area contributed by atoms with Gasteiger partial charge in [0.1, 0.15) is 5.75 Å². The molecule has 1 aliphatic carbocycles. The third-order valence-corrected chi connectivity index (χ3v) is 10.4. The first-order valence-electron chi connectivity index (χ1n) is 16.0. The first-order chi connectivity index (χ1) is 21.4. The highest BCUT2D eigenvalue weighted by atomic mass is 35.5. The number of methoxy groups -OCH3 is 1. The van der Waals surface area contributed by atoms with E-state index in [0.29, 0.717) is 24.7 Å². The Hall–Kier alpha value is -2.97. The lowest BCUT2D eigenvalue weighted by molar-refractivity contribution is -0.144. The molecule has 7 nitrogen and oxygen atoms in total. The van der Waals surface area contributed by atoms with Crippen molar-refractivity contribution in [3.63, 3.8) is 0 Å². The van der Waals surface area contributed by atoms with E-state index in [2.05, 4.69) is 42.2 Å². The molecule has 0 bridgehead atoms. The number of phenols is 1. The minimum absolute atomic E-state index is 0.000378. The van der Waals surface area contributed by atoms with Gasteiger partial charge in [-0.25, -0.2) is 0 Å². The Balaban J connectivity index is 1.14. The second-order valence-corrected chi connectivity index (χ2v) is 13.1. The molecule has 0 spiro atoms. The number of imide groups is 1. The van der Waals surface area contributed by atoms with E-state index in [9.17, 15) is 14.7 Å². The third kappa shape index (κ3) is 6.25. The van der Waals surface area contributed by atoms with Crippen LogP contribution < -0.4 is 0 Å². The molecule has 0 saturated carbocycles. The number of nitrogens with zero attached hydrogens (tertiary/aromatic N) is 2. The normalized spacial score (nSPS) is 26.4. The maximum absolute atomic E-state index is 14.0. The van der Waals surface area contributed by atoms with Gasteiger partial charge in [0.15, 0.2) is 0 Å². The first-order valence-corrected chi connectivity index (χ1v) is 16.4. The van der Waals surface area contributed by atoms with Gasteiger partial charge in [0.05, 0.1) is 36.2 Å². The maximum Gasteiger partial charge on any atom is 0.234 e. The number of likely N-dealkylation sites (tertiary alicyclic amines) is 2. The molecule has 0 radical (unpaired) electrons. The number of hydrogen-bond acceptors (Lipinski definition) is 6. The Morgan fingerprint density at radius 2 is 1.86 bits per heavy atom. The zero-order valence-electron chi connectivity index (χ0n) is 25.7. The summed E-state index contributed by atoms with van der Waals surface area (Å²) in [4.78, 5) is 32.0. The number of carbonyl (C=O) groups excluding carboxylic acids is 2. The van der Waals surface area contributed by atoms with Crippen LogP contribution in [0.15, 0.2) is 65.3 Å². The number of halogens is 1. The van der Waals surface area contributed by atoms with Crippen LogP contribution in [0.2, 0.25) is 5.02 Å². The van der Waals surface area contributed by atoms with E-state index in [4.69, 9.17) is 21.1 Å². The Labute approximate surface area is 265 Å². The molecule has 8 heteroatoms. The van der Waals surface area contributed by atoms with Crippen molar-refractivity contribution in [3.8, 4) is 5.75 Å². The number of hydrogen-bond donors (Lipinski definition) is 1. The lowest BCUT2D eigenvalue weighted by Gasteiger charge is -2.36. The zero-order valence-corrected chi connectivity index (χ0v) is 26.5. The van der Waals surface area contributed by atoms with Crippen LogP contribution in [0.25, 0.3) is 6.08 Å². The molecule has 3 saturated heterocycles. The van der Waals surface area contributed by atoms with Gasteiger partial charge in [0, 0.05) is 38.7 Å². The lowest BCUT2D eigenvalue weighted by Crippen LogP contribution is -2.47. The van der Waals surface area contributed by atoms with Gasteiger partial charge in [-0.05, 0) is 79.0 Å². The zero-order chi connectivity index (χ0) is 30.8. The molecule has 3 heterocycles. The highest BCUT2D eigenvalue weighted by Gasteiger charge is 2.58. The predicted molar refractivity (Wildman–Crippen MR) is 171 cm³/mol. The molecule has 3 fully saturated rings. The fourth-order valence-corrected chi connectivity index (χ4v) is 8.09. The van der Waals surface area contributed by atoms with Crippen molar-refractivity contribution >= 4 is 29.5 Å². The fourth-order valence-electron chi connectivity index (χ4n) is 7.86. The Morgan fingerprint density at radius 1 is 1.09 bits per heavy atom. The second kappa shape index (κ2) is 13.6. The summed E-state index contributed by atoms with van der Waals surface area (Å²) in [5.74, 6) is -0.600. The van der Waals surface area contributed by atoms with Crippen LogP contribution in [0.5, 0.6) is 5.75 Å². The van der Waals surface area contributed by atoms with Crippen molar-refractivity contribution in [2.75, 3.05) is 33.4 Å². The van der Waals surface area contributed by atoms with Crippen molar-refractivity contribution < 1.29 is 24.2 Å². The van der Waals surface area contributed by atoms with Crippen LogP contribution in [0.1, 0.15) is 56.6 Å². The topological polar surface area (TPSA) is 79.3 Å². The van der Waals surface area contributed by atoms with E-state index in [1.807, 2.05) is 12.1 Å². The molecule has 4 aliphatic rings. The average molecular weight is 619 g/mol. The number of allylic oxidation sites excluding steroid dienone is 1. The summed E-state index contributed by atoms with van der Waals surface area (Å²) in [6, 6.07) is 15.5. The van der Waals surface area contributed by atoms with E-state index >= 15 is 0 Å². The quantitative estimate of drug-likeness (QED) is 0.251. The van der Waals surface area contributed by atoms with Gasteiger partial charge >= 0.3 is 0 Å². The minimum atomic E-state index is -0.345. The number of ether oxygens (including phenoxy) is 2. The molecule has 0 aromatic heterocycles. The highest BCUT2D eigenvalue weighted by Crippen LogP contribution is 2.50. The van der Waals surface area contributed by atoms with Crippen molar-refractivity contribution in [1.29, 1.82) is 0 Å². The average Bonchev–Trinajstić information content (AvgIpc) is 3.55. The van der Waals surface area contributed by atoms with Gasteiger partial charge < -0.3 is 14.6 Å². The van der Waals surface area contributed by atoms with Gasteiger partial charge in [-0.3, -0.25) is 19.4 Å². The Kier molecular flexibility index (Phi) is 9.57. The smallest absolute Gasteiger partial charge is 0.234 e. The van der Waals surface area contributed by atoms with Gasteiger partial charge in [-0.2, -0.15) is 0 Å². The molecule has 2 aromatic carbocycles. The Morgan fingerprint density at radius 3 is 2.57 bits per heavy atom. The second-order valence-electron chi connectivity index (χ2n) is 12.7. The Bertz CT molecular complexity index is 1430. The van der Waals surface area contributed by atoms with E-state index in [1.165, 1.54) is 16.7 Å². The molecule has 234 valence electrons. The van der Waals surface area contributed by atoms with Crippen LogP contribution in [-0.4, -0.2) is 72.3 Å². The van der Waals surface area contributed by atoms with Crippen LogP contribution in [-0.2, 0) is 25.6 Å². The van der Waals surface area contributed by atoms with Crippen molar-refractivity contribution in [3.05, 3.63) is 81.4 Å². The van der Waals surface area contributed by atoms with Crippen LogP contribution in [0, 0.1) is 17.8 Å². The molecular weight excluding hydrogens is 576 g/mol. The van der Waals surface area contributed by atoms with Gasteiger partial charge in [0.2, 0.25) is 11.8 Å². The lowest BCUT2D eigenvalue weighted by atomic mass is 9.69. The number of fused-ring (bicyclic) bond motifs is 3. The largest absolute Gasteiger partial charge is 0.508 e. The molecular formula is C36H43ClN2O5. The van der Waals surface area contributed by atoms with E-state index < -0.39 is 0 Å². The number of carbonyl (C=O) groups is 2. The monoisotopic (exact) mass is 618 g/mol. The van der Waals surface area contributed by atoms with E-state index in [-0.39, 0.29) is 47.5 Å². The fraction of sp³-hybridized carbons (Fsp3) is 0.500. The number of piperidine rings is 1. The van der Waals surface area contributed by atoms with Crippen molar-refractivity contribution in [2.45, 2.75) is 64.1 Å². The van der Waals surface area contributed by atoms with Crippen LogP contribution in [0.3, 0.4) is 0 Å². The molecule has 2 aromatic rings. The molecule has 0 unspecified atom stereocenters. The molecule has 44 heavy (non-hydrogen) atoms. The summed E-state index contributed by atoms with van der Waals surface area (Å²) >= 11 is 6.37. The summed E-state index contributed by atoms with van der Waals surface area (Å²) < 4.78 is 12.0. The molecule has 2 amide bonds. The molecule has 4 atom stereocenters. The highest BCUT2D eigenvalue weighted by molar-refractivity contribution is 6.32. The summed E-state index contributed by atoms with van der Waals surface area (Å²) in [6.45, 7) is 5.69. The first kappa shape index (κ1) is 31.0. The molecule has 6 rings (SSSR count). The number of rotatable bonds is 10. The maximum atomic E-state index is 14.0. The van der Waals surface area contributed by atoms with Crippen LogP contribution in [0.4, 0.5) is 0 Å². The van der Waals surface area contributed by atoms with E-state index in [0.717, 1.165) is 62.9 Å². The summed E-state index contributed by atoms with van der Waals surface area (Å²) in [7, 11) is 1.69. The summed E-state index contributed by atoms with van der Waals surface area (Å²) in [5.41, 5.74) is 5.73. The van der Waals surface area contributed by atoms with E-state index in [1.54, 1.807) is 24.1 Å². The van der Waals surface area contributed by atoms with Crippen molar-refractivity contribution in [1.82, 2.24) is 9.80 Å². The van der Waals surface area contributed by atoms with Gasteiger partial charge in [-0.15, -0.1) is 0 Å². The number of aromatic hydroxyl groups is 1. The SMILES string of the molecule is CC/C(=C\c1ccc(O)cc1Cl)CC[C@H]1OC[C@H]2C1=C(COC)C[C@H]1C(=O)N(C3CCN(Cc4ccccc4)CC3)C(=O)[C@H]12. The summed E-state index contributed by atoms with van der Waals surface area (Å²) in [6.07, 6.45) is 6.67. The third-order valence-electron chi connectivity index (χ3n) is 10.1. The molecule has 1 N–H and O–H groups in total. The van der Waals surface area contributed by atoms with Crippen LogP contribution >= 0.6 is 11.6 Å².